The van der Waals surface area contributed by atoms with Crippen molar-refractivity contribution in [3.05, 3.63) is 0 Å². The summed E-state index contributed by atoms with van der Waals surface area (Å²) in [5, 5.41) is 0. The maximum atomic E-state index is 12.0. The molecule has 1 saturated heterocycles. The predicted molar refractivity (Wildman–Crippen MR) is 69.2 cm³/mol. The average Bonchev–Trinajstić information content (AvgIpc) is 2.34. The van der Waals surface area contributed by atoms with Crippen LogP contribution in [0.25, 0.3) is 0 Å². The molecule has 0 radical (unpaired) electrons. The summed E-state index contributed by atoms with van der Waals surface area (Å²) < 4.78 is 64.6. The lowest BCUT2D eigenvalue weighted by Crippen LogP contribution is -2.46. The fraction of sp³-hybridized carbons (Fsp3) is 0.909. The maximum absolute atomic E-state index is 12.0. The van der Waals surface area contributed by atoms with Crippen LogP contribution in [0.1, 0.15) is 25.7 Å². The zero-order valence-corrected chi connectivity index (χ0v) is 12.5. The number of halogens is 3. The normalized spacial score (nSPS) is 20.4. The number of sulfonamides is 1. The molecule has 0 aromatic heterocycles. The molecule has 1 atom stereocenters. The zero-order chi connectivity index (χ0) is 16.1. The minimum atomic E-state index is -4.56. The van der Waals surface area contributed by atoms with Crippen LogP contribution in [0.15, 0.2) is 0 Å². The molecule has 21 heavy (non-hydrogen) atoms. The molecule has 1 heterocycles. The van der Waals surface area contributed by atoms with Crippen LogP contribution in [0.2, 0.25) is 0 Å². The predicted octanol–water partition coefficient (Wildman–Crippen LogP) is 1.48. The van der Waals surface area contributed by atoms with E-state index in [1.54, 1.807) is 0 Å². The number of ether oxygens (including phenoxy) is 1. The summed E-state index contributed by atoms with van der Waals surface area (Å²) in [6.07, 6.45) is -2.05. The molecule has 1 unspecified atom stereocenters. The number of hydrogen-bond donors (Lipinski definition) is 1. The van der Waals surface area contributed by atoms with Gasteiger partial charge >= 0.3 is 12.3 Å². The summed E-state index contributed by atoms with van der Waals surface area (Å²) in [6, 6.07) is -0.311. The van der Waals surface area contributed by atoms with Crippen molar-refractivity contribution in [3.8, 4) is 0 Å². The van der Waals surface area contributed by atoms with Gasteiger partial charge in [-0.1, -0.05) is 0 Å². The minimum Gasteiger partial charge on any atom is -0.440 e. The van der Waals surface area contributed by atoms with Gasteiger partial charge in [-0.15, -0.1) is 0 Å². The molecule has 6 nitrogen and oxygen atoms in total. The van der Waals surface area contributed by atoms with Crippen LogP contribution in [0, 0.1) is 0 Å². The molecule has 1 rings (SSSR count). The first-order valence-electron chi connectivity index (χ1n) is 6.53. The molecule has 0 aliphatic carbocycles. The molecule has 1 amide bonds. The number of amides is 1. The van der Waals surface area contributed by atoms with E-state index >= 15 is 0 Å². The molecule has 1 aliphatic rings. The first kappa shape index (κ1) is 18.0. The Morgan fingerprint density at radius 1 is 1.38 bits per heavy atom. The summed E-state index contributed by atoms with van der Waals surface area (Å²) in [5.74, 6) is 0. The molecule has 0 aromatic rings. The zero-order valence-electron chi connectivity index (χ0n) is 11.6. The van der Waals surface area contributed by atoms with E-state index in [4.69, 9.17) is 0 Å². The van der Waals surface area contributed by atoms with E-state index in [2.05, 4.69) is 9.46 Å². The van der Waals surface area contributed by atoms with Gasteiger partial charge in [0.25, 0.3) is 0 Å². The molecule has 10 heteroatoms. The van der Waals surface area contributed by atoms with E-state index in [1.807, 2.05) is 0 Å². The highest BCUT2D eigenvalue weighted by Crippen LogP contribution is 2.22. The van der Waals surface area contributed by atoms with Gasteiger partial charge < -0.3 is 9.64 Å². The molecule has 1 aliphatic heterocycles. The van der Waals surface area contributed by atoms with Crippen LogP contribution in [-0.2, 0) is 14.8 Å². The van der Waals surface area contributed by atoms with E-state index in [0.717, 1.165) is 12.7 Å². The largest absolute Gasteiger partial charge is 0.440 e. The van der Waals surface area contributed by atoms with Gasteiger partial charge in [0.05, 0.1) is 6.26 Å². The molecule has 0 bridgehead atoms. The third-order valence-corrected chi connectivity index (χ3v) is 3.79. The molecular formula is C11H19F3N2O4S. The van der Waals surface area contributed by atoms with E-state index in [1.165, 1.54) is 4.90 Å². The highest BCUT2D eigenvalue weighted by Gasteiger charge is 2.33. The lowest BCUT2D eigenvalue weighted by Gasteiger charge is -2.35. The van der Waals surface area contributed by atoms with Gasteiger partial charge in [0.2, 0.25) is 10.0 Å². The van der Waals surface area contributed by atoms with E-state index in [-0.39, 0.29) is 12.6 Å². The van der Waals surface area contributed by atoms with Crippen molar-refractivity contribution in [1.82, 2.24) is 9.62 Å². The maximum Gasteiger partial charge on any atom is 0.422 e. The van der Waals surface area contributed by atoms with Gasteiger partial charge in [0, 0.05) is 19.1 Å². The SMILES string of the molecule is CS(=O)(=O)NCCC1CCCCN1C(=O)OCC(F)(F)F. The van der Waals surface area contributed by atoms with Gasteiger partial charge in [0.1, 0.15) is 0 Å². The van der Waals surface area contributed by atoms with Crippen molar-refractivity contribution in [2.75, 3.05) is 26.0 Å². The van der Waals surface area contributed by atoms with Crippen LogP contribution in [-0.4, -0.2) is 57.6 Å². The number of carbonyl (C=O) groups excluding carboxylic acids is 1. The Bertz CT molecular complexity index is 453. The summed E-state index contributed by atoms with van der Waals surface area (Å²) in [6.45, 7) is -1.16. The molecule has 1 N–H and O–H groups in total. The van der Waals surface area contributed by atoms with Crippen LogP contribution < -0.4 is 4.72 Å². The van der Waals surface area contributed by atoms with Crippen molar-refractivity contribution in [3.63, 3.8) is 0 Å². The van der Waals surface area contributed by atoms with Crippen LogP contribution in [0.5, 0.6) is 0 Å². The summed E-state index contributed by atoms with van der Waals surface area (Å²) in [4.78, 5) is 12.9. The highest BCUT2D eigenvalue weighted by atomic mass is 32.2. The quantitative estimate of drug-likeness (QED) is 0.827. The fourth-order valence-electron chi connectivity index (χ4n) is 2.18. The van der Waals surface area contributed by atoms with Gasteiger partial charge in [-0.2, -0.15) is 13.2 Å². The second kappa shape index (κ2) is 7.30. The molecule has 0 aromatic carbocycles. The van der Waals surface area contributed by atoms with E-state index in [9.17, 15) is 26.4 Å². The number of nitrogens with one attached hydrogen (secondary N) is 1. The highest BCUT2D eigenvalue weighted by molar-refractivity contribution is 7.88. The Hall–Kier alpha value is -1.03. The van der Waals surface area contributed by atoms with Crippen molar-refractivity contribution in [2.45, 2.75) is 37.9 Å². The second-order valence-corrected chi connectivity index (χ2v) is 6.80. The third-order valence-electron chi connectivity index (χ3n) is 3.06. The van der Waals surface area contributed by atoms with E-state index < -0.39 is 28.9 Å². The van der Waals surface area contributed by atoms with Crippen molar-refractivity contribution < 1.29 is 31.1 Å². The summed E-state index contributed by atoms with van der Waals surface area (Å²) >= 11 is 0. The van der Waals surface area contributed by atoms with Gasteiger partial charge in [-0.25, -0.2) is 17.9 Å². The Kier molecular flexibility index (Phi) is 6.26. The lowest BCUT2D eigenvalue weighted by atomic mass is 10.00. The Morgan fingerprint density at radius 3 is 2.62 bits per heavy atom. The molecule has 124 valence electrons. The number of likely N-dealkylation sites (tertiary alicyclic amines) is 1. The summed E-state index contributed by atoms with van der Waals surface area (Å²) in [5.41, 5.74) is 0. The first-order valence-corrected chi connectivity index (χ1v) is 8.42. The van der Waals surface area contributed by atoms with Gasteiger partial charge in [0.15, 0.2) is 6.61 Å². The molecular weight excluding hydrogens is 313 g/mol. The fourth-order valence-corrected chi connectivity index (χ4v) is 2.67. The number of piperidine rings is 1. The van der Waals surface area contributed by atoms with Gasteiger partial charge in [-0.3, -0.25) is 0 Å². The standard InChI is InChI=1S/C11H19F3N2O4S/c1-21(18,19)15-6-5-9-4-2-3-7-16(9)10(17)20-8-11(12,13)14/h9,15H,2-8H2,1H3. The number of nitrogens with zero attached hydrogens (tertiary/aromatic N) is 1. The molecule has 1 fully saturated rings. The minimum absolute atomic E-state index is 0.131. The van der Waals surface area contributed by atoms with Crippen molar-refractivity contribution in [2.24, 2.45) is 0 Å². The smallest absolute Gasteiger partial charge is 0.422 e. The Morgan fingerprint density at radius 2 is 2.05 bits per heavy atom. The number of alkyl halides is 3. The van der Waals surface area contributed by atoms with Crippen molar-refractivity contribution in [1.29, 1.82) is 0 Å². The monoisotopic (exact) mass is 332 g/mol. The summed E-state index contributed by atoms with van der Waals surface area (Å²) in [7, 11) is -3.33. The number of rotatable bonds is 5. The number of hydrogen-bond acceptors (Lipinski definition) is 4. The Labute approximate surface area is 121 Å². The van der Waals surface area contributed by atoms with Crippen LogP contribution in [0.3, 0.4) is 0 Å². The number of carbonyl (C=O) groups is 1. The average molecular weight is 332 g/mol. The second-order valence-electron chi connectivity index (χ2n) is 4.97. The molecule has 0 spiro atoms. The van der Waals surface area contributed by atoms with Gasteiger partial charge in [-0.05, 0) is 25.7 Å². The Balaban J connectivity index is 2.50. The topological polar surface area (TPSA) is 75.7 Å². The van der Waals surface area contributed by atoms with Crippen LogP contribution in [0.4, 0.5) is 18.0 Å². The first-order chi connectivity index (χ1) is 9.58. The molecule has 0 saturated carbocycles. The van der Waals surface area contributed by atoms with Crippen molar-refractivity contribution >= 4 is 16.1 Å². The third kappa shape index (κ3) is 7.51. The van der Waals surface area contributed by atoms with E-state index in [0.29, 0.717) is 25.8 Å². The van der Waals surface area contributed by atoms with Crippen LogP contribution >= 0.6 is 0 Å². The lowest BCUT2D eigenvalue weighted by molar-refractivity contribution is -0.163.